The van der Waals surface area contributed by atoms with Crippen molar-refractivity contribution in [2.24, 2.45) is 0 Å². The number of amides is 1. The summed E-state index contributed by atoms with van der Waals surface area (Å²) < 4.78 is 0. The summed E-state index contributed by atoms with van der Waals surface area (Å²) in [5, 5.41) is 2.90. The van der Waals surface area contributed by atoms with E-state index in [1.54, 1.807) is 0 Å². The van der Waals surface area contributed by atoms with Crippen LogP contribution in [0.4, 0.5) is 0 Å². The van der Waals surface area contributed by atoms with Crippen LogP contribution in [0.2, 0.25) is 5.02 Å². The van der Waals surface area contributed by atoms with Gasteiger partial charge in [-0.25, -0.2) is 0 Å². The highest BCUT2D eigenvalue weighted by Gasteiger charge is 2.32. The van der Waals surface area contributed by atoms with Crippen molar-refractivity contribution >= 4 is 17.5 Å². The number of carbonyl (C=O) groups excluding carboxylic acids is 1. The largest absolute Gasteiger partial charge is 0.337 e. The van der Waals surface area contributed by atoms with E-state index in [1.807, 2.05) is 59.5 Å². The molecule has 1 fully saturated rings. The van der Waals surface area contributed by atoms with Gasteiger partial charge in [-0.1, -0.05) is 54.1 Å². The van der Waals surface area contributed by atoms with Crippen LogP contribution in [0.3, 0.4) is 0 Å². The highest BCUT2D eigenvalue weighted by molar-refractivity contribution is 6.30. The third-order valence-electron chi connectivity index (χ3n) is 4.72. The molecule has 3 nitrogen and oxygen atoms in total. The normalized spacial score (nSPS) is 16.8. The van der Waals surface area contributed by atoms with E-state index in [1.165, 1.54) is 5.56 Å². The van der Waals surface area contributed by atoms with Crippen molar-refractivity contribution in [1.82, 2.24) is 4.90 Å². The van der Waals surface area contributed by atoms with Crippen LogP contribution in [-0.2, 0) is 4.79 Å². The Balaban J connectivity index is 1.81. The summed E-state index contributed by atoms with van der Waals surface area (Å²) in [6, 6.07) is 17.9. The maximum Gasteiger partial charge on any atom is 0.285 e. The molecule has 0 bridgehead atoms. The summed E-state index contributed by atoms with van der Waals surface area (Å²) in [5.74, 6) is 0.222. The first-order chi connectivity index (χ1) is 11.6. The van der Waals surface area contributed by atoms with E-state index in [0.29, 0.717) is 0 Å². The van der Waals surface area contributed by atoms with E-state index in [0.717, 1.165) is 36.5 Å². The van der Waals surface area contributed by atoms with Crippen LogP contribution in [0.1, 0.15) is 43.0 Å². The Morgan fingerprint density at radius 2 is 1.62 bits per heavy atom. The standard InChI is InChI=1S/C20H23ClN2O/c1-15(16-9-11-18(21)12-10-16)22-19(17-7-3-2-4-8-17)20(24)23-13-5-6-14-23/h2-4,7-12,15,19,22H,5-6,13-14H2,1H3/p+1/t15-,19-/m1/s1. The van der Waals surface area contributed by atoms with Gasteiger partial charge in [0.05, 0.1) is 0 Å². The minimum absolute atomic E-state index is 0.180. The average Bonchev–Trinajstić information content (AvgIpc) is 3.15. The highest BCUT2D eigenvalue weighted by atomic mass is 35.5. The summed E-state index contributed by atoms with van der Waals surface area (Å²) >= 11 is 5.98. The van der Waals surface area contributed by atoms with Gasteiger partial charge in [0.25, 0.3) is 5.91 Å². The fraction of sp³-hybridized carbons (Fsp3) is 0.350. The van der Waals surface area contributed by atoms with Crippen molar-refractivity contribution in [2.45, 2.75) is 31.8 Å². The number of quaternary nitrogens is 1. The molecule has 4 heteroatoms. The molecule has 2 aromatic carbocycles. The number of carbonyl (C=O) groups is 1. The topological polar surface area (TPSA) is 36.9 Å². The van der Waals surface area contributed by atoms with E-state index in [2.05, 4.69) is 12.2 Å². The van der Waals surface area contributed by atoms with Crippen molar-refractivity contribution in [3.8, 4) is 0 Å². The van der Waals surface area contributed by atoms with Crippen molar-refractivity contribution in [3.05, 3.63) is 70.7 Å². The number of likely N-dealkylation sites (tertiary alicyclic amines) is 1. The van der Waals surface area contributed by atoms with Gasteiger partial charge in [-0.3, -0.25) is 4.79 Å². The third-order valence-corrected chi connectivity index (χ3v) is 4.97. The van der Waals surface area contributed by atoms with Crippen molar-refractivity contribution in [1.29, 1.82) is 0 Å². The average molecular weight is 344 g/mol. The molecule has 0 aromatic heterocycles. The van der Waals surface area contributed by atoms with Gasteiger partial charge in [0.2, 0.25) is 0 Å². The first-order valence-corrected chi connectivity index (χ1v) is 8.97. The third kappa shape index (κ3) is 3.97. The molecule has 2 N–H and O–H groups in total. The van der Waals surface area contributed by atoms with Crippen LogP contribution >= 0.6 is 11.6 Å². The van der Waals surface area contributed by atoms with Crippen LogP contribution in [-0.4, -0.2) is 23.9 Å². The van der Waals surface area contributed by atoms with E-state index < -0.39 is 0 Å². The zero-order valence-corrected chi connectivity index (χ0v) is 14.7. The molecule has 1 amide bonds. The molecule has 0 aliphatic carbocycles. The molecular formula is C20H24ClN2O+. The van der Waals surface area contributed by atoms with E-state index in [4.69, 9.17) is 11.6 Å². The highest BCUT2D eigenvalue weighted by Crippen LogP contribution is 2.19. The molecule has 2 aromatic rings. The second-order valence-corrected chi connectivity index (χ2v) is 6.89. The Morgan fingerprint density at radius 3 is 2.25 bits per heavy atom. The number of hydrogen-bond acceptors (Lipinski definition) is 1. The molecule has 126 valence electrons. The van der Waals surface area contributed by atoms with Gasteiger partial charge in [0.15, 0.2) is 6.04 Å². The fourth-order valence-electron chi connectivity index (χ4n) is 3.30. The Morgan fingerprint density at radius 1 is 1.00 bits per heavy atom. The molecule has 1 aliphatic heterocycles. The molecule has 0 saturated carbocycles. The first-order valence-electron chi connectivity index (χ1n) is 8.59. The fourth-order valence-corrected chi connectivity index (χ4v) is 3.42. The van der Waals surface area contributed by atoms with Gasteiger partial charge in [-0.15, -0.1) is 0 Å². The predicted molar refractivity (Wildman–Crippen MR) is 96.8 cm³/mol. The molecule has 0 radical (unpaired) electrons. The lowest BCUT2D eigenvalue weighted by molar-refractivity contribution is -0.719. The van der Waals surface area contributed by atoms with Crippen LogP contribution in [0.15, 0.2) is 54.6 Å². The summed E-state index contributed by atoms with van der Waals surface area (Å²) in [4.78, 5) is 15.0. The van der Waals surface area contributed by atoms with Gasteiger partial charge in [-0.05, 0) is 31.9 Å². The monoisotopic (exact) mass is 343 g/mol. The lowest BCUT2D eigenvalue weighted by Gasteiger charge is -2.24. The number of halogens is 1. The summed E-state index contributed by atoms with van der Waals surface area (Å²) in [7, 11) is 0. The Kier molecular flexibility index (Phi) is 5.54. The minimum Gasteiger partial charge on any atom is -0.337 e. The molecule has 1 aliphatic rings. The Labute approximate surface area is 148 Å². The maximum absolute atomic E-state index is 13.0. The van der Waals surface area contributed by atoms with Gasteiger partial charge < -0.3 is 10.2 Å². The van der Waals surface area contributed by atoms with Gasteiger partial charge in [0.1, 0.15) is 6.04 Å². The molecule has 0 unspecified atom stereocenters. The second-order valence-electron chi connectivity index (χ2n) is 6.45. The molecule has 3 rings (SSSR count). The maximum atomic E-state index is 13.0. The first kappa shape index (κ1) is 17.0. The van der Waals surface area contributed by atoms with Crippen molar-refractivity contribution in [2.75, 3.05) is 13.1 Å². The number of nitrogens with zero attached hydrogens (tertiary/aromatic N) is 1. The quantitative estimate of drug-likeness (QED) is 0.888. The molecular weight excluding hydrogens is 320 g/mol. The Hall–Kier alpha value is -1.84. The Bertz CT molecular complexity index is 666. The molecule has 0 spiro atoms. The van der Waals surface area contributed by atoms with E-state index in [-0.39, 0.29) is 18.0 Å². The molecule has 1 saturated heterocycles. The van der Waals surface area contributed by atoms with Gasteiger partial charge >= 0.3 is 0 Å². The summed E-state index contributed by atoms with van der Waals surface area (Å²) in [6.07, 6.45) is 2.22. The zero-order chi connectivity index (χ0) is 16.9. The van der Waals surface area contributed by atoms with Gasteiger partial charge in [-0.2, -0.15) is 0 Å². The van der Waals surface area contributed by atoms with Crippen LogP contribution in [0.5, 0.6) is 0 Å². The van der Waals surface area contributed by atoms with Crippen LogP contribution < -0.4 is 5.32 Å². The summed E-state index contributed by atoms with van der Waals surface area (Å²) in [5.41, 5.74) is 2.24. The lowest BCUT2D eigenvalue weighted by Crippen LogP contribution is -2.88. The van der Waals surface area contributed by atoms with E-state index >= 15 is 0 Å². The second kappa shape index (κ2) is 7.82. The number of nitrogens with two attached hydrogens (primary N) is 1. The molecule has 1 heterocycles. The minimum atomic E-state index is -0.199. The predicted octanol–water partition coefficient (Wildman–Crippen LogP) is 3.33. The SMILES string of the molecule is C[C@@H]([NH2+][C@@H](C(=O)N1CCCC1)c1ccccc1)c1ccc(Cl)cc1. The lowest BCUT2D eigenvalue weighted by atomic mass is 10.0. The van der Waals surface area contributed by atoms with Crippen molar-refractivity contribution in [3.63, 3.8) is 0 Å². The number of rotatable bonds is 5. The molecule has 2 atom stereocenters. The smallest absolute Gasteiger partial charge is 0.285 e. The summed E-state index contributed by atoms with van der Waals surface area (Å²) in [6.45, 7) is 3.90. The zero-order valence-electron chi connectivity index (χ0n) is 14.0. The van der Waals surface area contributed by atoms with Crippen LogP contribution in [0.25, 0.3) is 0 Å². The van der Waals surface area contributed by atoms with Crippen molar-refractivity contribution < 1.29 is 10.1 Å². The van der Waals surface area contributed by atoms with Crippen LogP contribution in [0, 0.1) is 0 Å². The van der Waals surface area contributed by atoms with E-state index in [9.17, 15) is 4.79 Å². The molecule has 24 heavy (non-hydrogen) atoms. The number of benzene rings is 2. The van der Waals surface area contributed by atoms with Gasteiger partial charge in [0, 0.05) is 29.2 Å². The number of hydrogen-bond donors (Lipinski definition) is 1.